The van der Waals surface area contributed by atoms with Crippen molar-refractivity contribution >= 4 is 17.5 Å². The summed E-state index contributed by atoms with van der Waals surface area (Å²) >= 11 is 5.91. The van der Waals surface area contributed by atoms with E-state index in [1.54, 1.807) is 31.2 Å². The molecule has 0 radical (unpaired) electrons. The van der Waals surface area contributed by atoms with E-state index < -0.39 is 11.9 Å². The van der Waals surface area contributed by atoms with Gasteiger partial charge in [0.25, 0.3) is 5.91 Å². The van der Waals surface area contributed by atoms with Crippen LogP contribution in [0.1, 0.15) is 33.7 Å². The fourth-order valence-electron chi connectivity index (χ4n) is 2.18. The Morgan fingerprint density at radius 3 is 2.67 bits per heavy atom. The number of carbonyl (C=O) groups is 1. The maximum absolute atomic E-state index is 12.5. The predicted octanol–water partition coefficient (Wildman–Crippen LogP) is 2.24. The van der Waals surface area contributed by atoms with Gasteiger partial charge in [-0.3, -0.25) is 9.59 Å². The average Bonchev–Trinajstić information content (AvgIpc) is 2.99. The van der Waals surface area contributed by atoms with Crippen molar-refractivity contribution in [2.24, 2.45) is 0 Å². The highest BCUT2D eigenvalue weighted by atomic mass is 35.5. The molecule has 0 spiro atoms. The zero-order chi connectivity index (χ0) is 17.1. The van der Waals surface area contributed by atoms with E-state index in [2.05, 4.69) is 20.4 Å². The van der Waals surface area contributed by atoms with Gasteiger partial charge in [0.2, 0.25) is 11.4 Å². The summed E-state index contributed by atoms with van der Waals surface area (Å²) in [5.41, 5.74) is 0.609. The van der Waals surface area contributed by atoms with Crippen LogP contribution in [-0.4, -0.2) is 21.0 Å². The number of hydrogen-bond donors (Lipinski definition) is 2. The third kappa shape index (κ3) is 3.52. The Kier molecular flexibility index (Phi) is 4.43. The number of aromatic nitrogens is 3. The van der Waals surface area contributed by atoms with Crippen molar-refractivity contribution < 1.29 is 9.32 Å². The maximum Gasteiger partial charge on any atom is 0.252 e. The standard InChI is InChI=1S/C16H13ClN4O3/c1-9-19-15(21-24-9)14(10-2-4-12(17)5-3-10)20-16(23)11-6-7-18-13(22)8-11/h2-8,14H,1H3,(H,18,22)(H,20,23). The Morgan fingerprint density at radius 1 is 1.29 bits per heavy atom. The summed E-state index contributed by atoms with van der Waals surface area (Å²) in [5, 5.41) is 7.26. The number of pyridine rings is 1. The van der Waals surface area contributed by atoms with Crippen LogP contribution in [0, 0.1) is 6.92 Å². The Bertz CT molecular complexity index is 917. The lowest BCUT2D eigenvalue weighted by atomic mass is 10.1. The number of halogens is 1. The number of aryl methyl sites for hydroxylation is 1. The molecule has 1 atom stereocenters. The molecular weight excluding hydrogens is 332 g/mol. The summed E-state index contributed by atoms with van der Waals surface area (Å²) in [7, 11) is 0. The van der Waals surface area contributed by atoms with E-state index >= 15 is 0 Å². The molecule has 2 N–H and O–H groups in total. The lowest BCUT2D eigenvalue weighted by Gasteiger charge is -2.16. The van der Waals surface area contributed by atoms with Crippen LogP contribution in [0.2, 0.25) is 5.02 Å². The lowest BCUT2D eigenvalue weighted by molar-refractivity contribution is 0.0941. The second kappa shape index (κ2) is 6.67. The highest BCUT2D eigenvalue weighted by Gasteiger charge is 2.22. The van der Waals surface area contributed by atoms with Gasteiger partial charge in [-0.05, 0) is 23.8 Å². The van der Waals surface area contributed by atoms with E-state index in [0.717, 1.165) is 5.56 Å². The highest BCUT2D eigenvalue weighted by Crippen LogP contribution is 2.22. The van der Waals surface area contributed by atoms with E-state index in [4.69, 9.17) is 16.1 Å². The number of amides is 1. The molecule has 7 nitrogen and oxygen atoms in total. The Labute approximate surface area is 141 Å². The molecule has 0 fully saturated rings. The van der Waals surface area contributed by atoms with E-state index in [-0.39, 0.29) is 11.1 Å². The molecule has 3 aromatic rings. The number of H-pyrrole nitrogens is 1. The third-order valence-corrected chi connectivity index (χ3v) is 3.57. The van der Waals surface area contributed by atoms with Gasteiger partial charge in [0.05, 0.1) is 0 Å². The van der Waals surface area contributed by atoms with Crippen LogP contribution in [0.3, 0.4) is 0 Å². The number of hydrogen-bond acceptors (Lipinski definition) is 5. The minimum Gasteiger partial charge on any atom is -0.340 e. The number of rotatable bonds is 4. The van der Waals surface area contributed by atoms with Gasteiger partial charge in [-0.25, -0.2) is 0 Å². The van der Waals surface area contributed by atoms with Crippen molar-refractivity contribution in [1.82, 2.24) is 20.4 Å². The SMILES string of the molecule is Cc1nc(C(NC(=O)c2cc[nH]c(=O)c2)c2ccc(Cl)cc2)no1. The number of nitrogens with one attached hydrogen (secondary N) is 2. The number of benzene rings is 1. The van der Waals surface area contributed by atoms with Gasteiger partial charge in [-0.15, -0.1) is 0 Å². The molecule has 1 aromatic carbocycles. The molecule has 0 bridgehead atoms. The van der Waals surface area contributed by atoms with E-state index in [1.807, 2.05) is 0 Å². The van der Waals surface area contributed by atoms with Crippen LogP contribution in [0.5, 0.6) is 0 Å². The normalized spacial score (nSPS) is 11.9. The minimum absolute atomic E-state index is 0.234. The molecule has 1 unspecified atom stereocenters. The number of aromatic amines is 1. The molecule has 122 valence electrons. The van der Waals surface area contributed by atoms with Crippen LogP contribution >= 0.6 is 11.6 Å². The van der Waals surface area contributed by atoms with Gasteiger partial charge < -0.3 is 14.8 Å². The van der Waals surface area contributed by atoms with Crippen molar-refractivity contribution in [3.05, 3.63) is 80.8 Å². The molecule has 24 heavy (non-hydrogen) atoms. The highest BCUT2D eigenvalue weighted by molar-refractivity contribution is 6.30. The molecule has 0 aliphatic heterocycles. The molecule has 0 saturated carbocycles. The Morgan fingerprint density at radius 2 is 2.04 bits per heavy atom. The summed E-state index contributed by atoms with van der Waals surface area (Å²) in [6.45, 7) is 1.66. The zero-order valence-electron chi connectivity index (χ0n) is 12.6. The van der Waals surface area contributed by atoms with Gasteiger partial charge >= 0.3 is 0 Å². The molecule has 1 amide bonds. The smallest absolute Gasteiger partial charge is 0.252 e. The number of carbonyl (C=O) groups excluding carboxylic acids is 1. The monoisotopic (exact) mass is 344 g/mol. The van der Waals surface area contributed by atoms with Crippen molar-refractivity contribution in [3.63, 3.8) is 0 Å². The molecule has 0 aliphatic rings. The molecule has 0 aliphatic carbocycles. The van der Waals surface area contributed by atoms with Gasteiger partial charge in [0.1, 0.15) is 6.04 Å². The van der Waals surface area contributed by atoms with Crippen LogP contribution in [0.4, 0.5) is 0 Å². The van der Waals surface area contributed by atoms with Crippen LogP contribution in [0.15, 0.2) is 51.9 Å². The molecular formula is C16H13ClN4O3. The van der Waals surface area contributed by atoms with Crippen molar-refractivity contribution in [1.29, 1.82) is 0 Å². The van der Waals surface area contributed by atoms with Crippen LogP contribution < -0.4 is 10.9 Å². The van der Waals surface area contributed by atoms with Gasteiger partial charge in [-0.1, -0.05) is 28.9 Å². The van der Waals surface area contributed by atoms with Gasteiger partial charge in [0.15, 0.2) is 5.82 Å². The fraction of sp³-hybridized carbons (Fsp3) is 0.125. The van der Waals surface area contributed by atoms with E-state index in [0.29, 0.717) is 16.7 Å². The second-order valence-electron chi connectivity index (χ2n) is 5.07. The van der Waals surface area contributed by atoms with E-state index in [9.17, 15) is 9.59 Å². The van der Waals surface area contributed by atoms with Crippen molar-refractivity contribution in [2.75, 3.05) is 0 Å². The van der Waals surface area contributed by atoms with Crippen molar-refractivity contribution in [2.45, 2.75) is 13.0 Å². The fourth-order valence-corrected chi connectivity index (χ4v) is 2.31. The summed E-state index contributed by atoms with van der Waals surface area (Å²) in [6.07, 6.45) is 1.41. The quantitative estimate of drug-likeness (QED) is 0.755. The van der Waals surface area contributed by atoms with Crippen LogP contribution in [0.25, 0.3) is 0 Å². The largest absolute Gasteiger partial charge is 0.340 e. The average molecular weight is 345 g/mol. The first-order valence-electron chi connectivity index (χ1n) is 7.08. The first-order valence-corrected chi connectivity index (χ1v) is 7.46. The summed E-state index contributed by atoms with van der Waals surface area (Å²) in [6, 6.07) is 9.03. The van der Waals surface area contributed by atoms with Gasteiger partial charge in [0, 0.05) is 29.8 Å². The second-order valence-corrected chi connectivity index (χ2v) is 5.51. The Hall–Kier alpha value is -2.93. The lowest BCUT2D eigenvalue weighted by Crippen LogP contribution is -2.30. The molecule has 8 heteroatoms. The van der Waals surface area contributed by atoms with Crippen molar-refractivity contribution in [3.8, 4) is 0 Å². The number of nitrogens with zero attached hydrogens (tertiary/aromatic N) is 2. The third-order valence-electron chi connectivity index (χ3n) is 3.32. The Balaban J connectivity index is 1.94. The summed E-state index contributed by atoms with van der Waals surface area (Å²) in [4.78, 5) is 30.5. The van der Waals surface area contributed by atoms with Crippen LogP contribution in [-0.2, 0) is 0 Å². The first-order chi connectivity index (χ1) is 11.5. The topological polar surface area (TPSA) is 101 Å². The minimum atomic E-state index is -0.633. The zero-order valence-corrected chi connectivity index (χ0v) is 13.4. The van der Waals surface area contributed by atoms with E-state index in [1.165, 1.54) is 18.3 Å². The predicted molar refractivity (Wildman–Crippen MR) is 86.9 cm³/mol. The summed E-state index contributed by atoms with van der Waals surface area (Å²) < 4.78 is 5.00. The maximum atomic E-state index is 12.5. The molecule has 3 rings (SSSR count). The molecule has 2 heterocycles. The molecule has 2 aromatic heterocycles. The summed E-state index contributed by atoms with van der Waals surface area (Å²) in [5.74, 6) is 0.269. The molecule has 0 saturated heterocycles. The van der Waals surface area contributed by atoms with Gasteiger partial charge in [-0.2, -0.15) is 4.98 Å². The first kappa shape index (κ1) is 15.9.